The van der Waals surface area contributed by atoms with Crippen molar-refractivity contribution in [3.8, 4) is 0 Å². The van der Waals surface area contributed by atoms with Crippen molar-refractivity contribution in [2.24, 2.45) is 0 Å². The SMILES string of the molecule is O=C(NCC(F)(F)F)OC1CCC1. The number of rotatable bonds is 2. The summed E-state index contributed by atoms with van der Waals surface area (Å²) in [4.78, 5) is 10.7. The van der Waals surface area contributed by atoms with Gasteiger partial charge in [0.25, 0.3) is 0 Å². The molecule has 1 aliphatic rings. The van der Waals surface area contributed by atoms with E-state index in [2.05, 4.69) is 4.74 Å². The van der Waals surface area contributed by atoms with E-state index in [0.717, 1.165) is 19.3 Å². The van der Waals surface area contributed by atoms with Crippen molar-refractivity contribution in [2.45, 2.75) is 31.5 Å². The molecule has 0 spiro atoms. The van der Waals surface area contributed by atoms with Gasteiger partial charge in [-0.05, 0) is 19.3 Å². The number of amides is 1. The maximum absolute atomic E-state index is 11.6. The predicted octanol–water partition coefficient (Wildman–Crippen LogP) is 1.83. The van der Waals surface area contributed by atoms with Crippen LogP contribution < -0.4 is 5.32 Å². The fourth-order valence-corrected chi connectivity index (χ4v) is 0.854. The molecule has 1 rings (SSSR count). The fraction of sp³-hybridized carbons (Fsp3) is 0.857. The second-order valence-corrected chi connectivity index (χ2v) is 2.93. The third kappa shape index (κ3) is 4.00. The Morgan fingerprint density at radius 1 is 1.46 bits per heavy atom. The number of halogens is 3. The molecule has 1 amide bonds. The predicted molar refractivity (Wildman–Crippen MR) is 38.2 cm³/mol. The standard InChI is InChI=1S/C7H10F3NO2/c8-7(9,10)4-11-6(12)13-5-2-1-3-5/h5H,1-4H2,(H,11,12). The largest absolute Gasteiger partial charge is 0.446 e. The molecule has 1 fully saturated rings. The van der Waals surface area contributed by atoms with Gasteiger partial charge in [-0.25, -0.2) is 4.79 Å². The molecule has 0 aromatic rings. The van der Waals surface area contributed by atoms with Crippen LogP contribution in [0.15, 0.2) is 0 Å². The van der Waals surface area contributed by atoms with E-state index in [0.29, 0.717) is 0 Å². The van der Waals surface area contributed by atoms with Crippen LogP contribution in [-0.4, -0.2) is 24.9 Å². The first kappa shape index (κ1) is 10.1. The number of carbonyl (C=O) groups is 1. The second kappa shape index (κ2) is 3.85. The summed E-state index contributed by atoms with van der Waals surface area (Å²) in [5.41, 5.74) is 0. The number of ether oxygens (including phenoxy) is 1. The molecule has 3 nitrogen and oxygen atoms in total. The lowest BCUT2D eigenvalue weighted by atomic mass is 9.96. The molecular formula is C7H10F3NO2. The topological polar surface area (TPSA) is 38.3 Å². The molecule has 0 aliphatic heterocycles. The number of hydrogen-bond acceptors (Lipinski definition) is 2. The maximum atomic E-state index is 11.6. The van der Waals surface area contributed by atoms with Crippen LogP contribution in [0.2, 0.25) is 0 Å². The molecule has 0 aromatic carbocycles. The first-order valence-electron chi connectivity index (χ1n) is 3.98. The highest BCUT2D eigenvalue weighted by Crippen LogP contribution is 2.21. The Hall–Kier alpha value is -0.940. The summed E-state index contributed by atoms with van der Waals surface area (Å²) in [7, 11) is 0. The normalized spacial score (nSPS) is 17.8. The summed E-state index contributed by atoms with van der Waals surface area (Å²) < 4.78 is 39.4. The van der Waals surface area contributed by atoms with Crippen molar-refractivity contribution in [3.05, 3.63) is 0 Å². The minimum atomic E-state index is -4.38. The van der Waals surface area contributed by atoms with Crippen molar-refractivity contribution >= 4 is 6.09 Å². The lowest BCUT2D eigenvalue weighted by molar-refractivity contribution is -0.124. The molecule has 0 aromatic heterocycles. The average Bonchev–Trinajstić information content (AvgIpc) is 1.91. The number of hydrogen-bond donors (Lipinski definition) is 1. The molecule has 13 heavy (non-hydrogen) atoms. The minimum absolute atomic E-state index is 0.187. The first-order valence-corrected chi connectivity index (χ1v) is 3.98. The molecule has 1 saturated carbocycles. The third-order valence-electron chi connectivity index (χ3n) is 1.76. The van der Waals surface area contributed by atoms with Gasteiger partial charge in [-0.1, -0.05) is 0 Å². The summed E-state index contributed by atoms with van der Waals surface area (Å²) in [6.07, 6.45) is -3.08. The van der Waals surface area contributed by atoms with Crippen LogP contribution >= 0.6 is 0 Å². The summed E-state index contributed by atoms with van der Waals surface area (Å²) in [6, 6.07) is 0. The first-order chi connectivity index (χ1) is 5.97. The summed E-state index contributed by atoms with van der Waals surface area (Å²) in [5.74, 6) is 0. The summed E-state index contributed by atoms with van der Waals surface area (Å²) in [6.45, 7) is -1.33. The number of alkyl halides is 3. The highest BCUT2D eigenvalue weighted by atomic mass is 19.4. The average molecular weight is 197 g/mol. The Labute approximate surface area is 73.2 Å². The molecule has 0 bridgehead atoms. The number of nitrogens with one attached hydrogen (secondary N) is 1. The smallest absolute Gasteiger partial charge is 0.407 e. The molecule has 0 atom stereocenters. The Balaban J connectivity index is 2.10. The molecule has 1 N–H and O–H groups in total. The van der Waals surface area contributed by atoms with Gasteiger partial charge in [0, 0.05) is 0 Å². The van der Waals surface area contributed by atoms with E-state index in [9.17, 15) is 18.0 Å². The quantitative estimate of drug-likeness (QED) is 0.733. The van der Waals surface area contributed by atoms with Gasteiger partial charge in [0.05, 0.1) is 0 Å². The molecule has 0 saturated heterocycles. The Morgan fingerprint density at radius 3 is 2.46 bits per heavy atom. The van der Waals surface area contributed by atoms with Gasteiger partial charge < -0.3 is 10.1 Å². The van der Waals surface area contributed by atoms with Gasteiger partial charge in [0.2, 0.25) is 0 Å². The highest BCUT2D eigenvalue weighted by molar-refractivity contribution is 5.67. The zero-order valence-corrected chi connectivity index (χ0v) is 6.86. The van der Waals surface area contributed by atoms with Crippen molar-refractivity contribution in [2.75, 3.05) is 6.54 Å². The van der Waals surface area contributed by atoms with Crippen LogP contribution in [0.4, 0.5) is 18.0 Å². The Morgan fingerprint density at radius 2 is 2.08 bits per heavy atom. The van der Waals surface area contributed by atoms with E-state index in [-0.39, 0.29) is 6.10 Å². The van der Waals surface area contributed by atoms with Gasteiger partial charge in [0.1, 0.15) is 12.6 Å². The van der Waals surface area contributed by atoms with Crippen LogP contribution in [-0.2, 0) is 4.74 Å². The van der Waals surface area contributed by atoms with Gasteiger partial charge in [-0.2, -0.15) is 13.2 Å². The number of carbonyl (C=O) groups excluding carboxylic acids is 1. The van der Waals surface area contributed by atoms with Crippen LogP contribution in [0.1, 0.15) is 19.3 Å². The summed E-state index contributed by atoms with van der Waals surface area (Å²) >= 11 is 0. The van der Waals surface area contributed by atoms with E-state index in [4.69, 9.17) is 0 Å². The van der Waals surface area contributed by atoms with Crippen molar-refractivity contribution in [1.29, 1.82) is 0 Å². The minimum Gasteiger partial charge on any atom is -0.446 e. The van der Waals surface area contributed by atoms with Crippen molar-refractivity contribution in [1.82, 2.24) is 5.32 Å². The van der Waals surface area contributed by atoms with E-state index in [1.807, 2.05) is 0 Å². The van der Waals surface area contributed by atoms with Gasteiger partial charge >= 0.3 is 12.3 Å². The van der Waals surface area contributed by atoms with Crippen LogP contribution in [0, 0.1) is 0 Å². The van der Waals surface area contributed by atoms with E-state index in [1.54, 1.807) is 5.32 Å². The molecular weight excluding hydrogens is 187 g/mol. The second-order valence-electron chi connectivity index (χ2n) is 2.93. The Kier molecular flexibility index (Phi) is 3.00. The van der Waals surface area contributed by atoms with E-state index in [1.165, 1.54) is 0 Å². The molecule has 76 valence electrons. The maximum Gasteiger partial charge on any atom is 0.407 e. The van der Waals surface area contributed by atoms with Gasteiger partial charge in [-0.3, -0.25) is 0 Å². The monoisotopic (exact) mass is 197 g/mol. The van der Waals surface area contributed by atoms with Crippen molar-refractivity contribution in [3.63, 3.8) is 0 Å². The molecule has 0 radical (unpaired) electrons. The number of alkyl carbamates (subject to hydrolysis) is 1. The molecule has 0 unspecified atom stereocenters. The Bertz CT molecular complexity index is 189. The molecule has 6 heteroatoms. The van der Waals surface area contributed by atoms with E-state index >= 15 is 0 Å². The molecule has 1 aliphatic carbocycles. The summed E-state index contributed by atoms with van der Waals surface area (Å²) in [5, 5.41) is 1.64. The third-order valence-corrected chi connectivity index (χ3v) is 1.76. The van der Waals surface area contributed by atoms with Gasteiger partial charge in [-0.15, -0.1) is 0 Å². The van der Waals surface area contributed by atoms with Gasteiger partial charge in [0.15, 0.2) is 0 Å². The van der Waals surface area contributed by atoms with E-state index < -0.39 is 18.8 Å². The fourth-order valence-electron chi connectivity index (χ4n) is 0.854. The van der Waals surface area contributed by atoms with Crippen LogP contribution in [0.25, 0.3) is 0 Å². The lowest BCUT2D eigenvalue weighted by Gasteiger charge is -2.25. The zero-order valence-electron chi connectivity index (χ0n) is 6.86. The van der Waals surface area contributed by atoms with Crippen LogP contribution in [0.5, 0.6) is 0 Å². The lowest BCUT2D eigenvalue weighted by Crippen LogP contribution is -2.37. The van der Waals surface area contributed by atoms with Crippen molar-refractivity contribution < 1.29 is 22.7 Å². The highest BCUT2D eigenvalue weighted by Gasteiger charge is 2.29. The molecule has 0 heterocycles. The zero-order chi connectivity index (χ0) is 9.90. The van der Waals surface area contributed by atoms with Crippen LogP contribution in [0.3, 0.4) is 0 Å².